The maximum absolute atomic E-state index is 12.0. The maximum Gasteiger partial charge on any atom is 0.330 e. The Morgan fingerprint density at radius 3 is 3.10 bits per heavy atom. The molecule has 3 N–H and O–H groups in total. The van der Waals surface area contributed by atoms with Crippen LogP contribution < -0.4 is 16.0 Å². The van der Waals surface area contributed by atoms with Crippen molar-refractivity contribution < 1.29 is 9.72 Å². The van der Waals surface area contributed by atoms with Gasteiger partial charge in [0.05, 0.1) is 10.8 Å². The van der Waals surface area contributed by atoms with E-state index in [0.717, 1.165) is 12.8 Å². The fourth-order valence-electron chi connectivity index (χ4n) is 2.54. The third kappa shape index (κ3) is 3.48. The number of aryl methyl sites for hydroxylation is 1. The van der Waals surface area contributed by atoms with Crippen LogP contribution in [0.25, 0.3) is 0 Å². The second-order valence-electron chi connectivity index (χ2n) is 5.13. The highest BCUT2D eigenvalue weighted by atomic mass is 16.6. The molecule has 0 saturated carbocycles. The van der Waals surface area contributed by atoms with Crippen molar-refractivity contribution in [2.75, 3.05) is 31.1 Å². The summed E-state index contributed by atoms with van der Waals surface area (Å²) in [4.78, 5) is 24.4. The van der Waals surface area contributed by atoms with Gasteiger partial charge in [0.15, 0.2) is 0 Å². The number of amides is 1. The summed E-state index contributed by atoms with van der Waals surface area (Å²) in [5, 5.41) is 18.0. The minimum atomic E-state index is -0.444. The largest absolute Gasteiger partial charge is 0.355 e. The summed E-state index contributed by atoms with van der Waals surface area (Å²) >= 11 is 0. The van der Waals surface area contributed by atoms with Gasteiger partial charge in [0, 0.05) is 33.2 Å². The third-order valence-corrected chi connectivity index (χ3v) is 3.52. The standard InChI is InChI=1S/C12H20N6O3/c1-16-8-10(18(20)21)11(15-16)17-6-2-3-9(7-17)12(19)14-5-4-13/h8-9H,2-7,13H2,1H3,(H,14,19). The molecule has 1 aliphatic heterocycles. The first-order valence-electron chi connectivity index (χ1n) is 6.93. The molecule has 0 spiro atoms. The minimum absolute atomic E-state index is 0.0273. The molecule has 1 atom stereocenters. The first-order chi connectivity index (χ1) is 10.0. The van der Waals surface area contributed by atoms with Gasteiger partial charge in [-0.05, 0) is 12.8 Å². The number of rotatable bonds is 5. The lowest BCUT2D eigenvalue weighted by atomic mass is 9.97. The van der Waals surface area contributed by atoms with Crippen molar-refractivity contribution >= 4 is 17.4 Å². The van der Waals surface area contributed by atoms with Gasteiger partial charge in [-0.25, -0.2) is 0 Å². The van der Waals surface area contributed by atoms with Crippen molar-refractivity contribution in [3.63, 3.8) is 0 Å². The SMILES string of the molecule is Cn1cc([N+](=O)[O-])c(N2CCCC(C(=O)NCCN)C2)n1. The summed E-state index contributed by atoms with van der Waals surface area (Å²) < 4.78 is 1.42. The topological polar surface area (TPSA) is 119 Å². The van der Waals surface area contributed by atoms with Gasteiger partial charge in [-0.1, -0.05) is 0 Å². The van der Waals surface area contributed by atoms with Crippen molar-refractivity contribution in [3.05, 3.63) is 16.3 Å². The molecule has 0 aromatic carbocycles. The highest BCUT2D eigenvalue weighted by Crippen LogP contribution is 2.29. The molecule has 1 fully saturated rings. The van der Waals surface area contributed by atoms with Crippen molar-refractivity contribution in [1.82, 2.24) is 15.1 Å². The van der Waals surface area contributed by atoms with E-state index in [1.165, 1.54) is 10.9 Å². The van der Waals surface area contributed by atoms with E-state index in [9.17, 15) is 14.9 Å². The Bertz CT molecular complexity index is 529. The lowest BCUT2D eigenvalue weighted by Gasteiger charge is -2.31. The third-order valence-electron chi connectivity index (χ3n) is 3.52. The molecule has 0 radical (unpaired) electrons. The van der Waals surface area contributed by atoms with Crippen LogP contribution in [0.4, 0.5) is 11.5 Å². The zero-order valence-corrected chi connectivity index (χ0v) is 12.0. The molecule has 1 amide bonds. The predicted molar refractivity (Wildman–Crippen MR) is 76.9 cm³/mol. The number of carbonyl (C=O) groups is 1. The molecule has 1 unspecified atom stereocenters. The molecule has 2 rings (SSSR count). The number of carbonyl (C=O) groups excluding carboxylic acids is 1. The van der Waals surface area contributed by atoms with Crippen LogP contribution in [-0.4, -0.2) is 46.8 Å². The highest BCUT2D eigenvalue weighted by molar-refractivity contribution is 5.79. The number of nitrogens with zero attached hydrogens (tertiary/aromatic N) is 4. The Morgan fingerprint density at radius 1 is 1.67 bits per heavy atom. The van der Waals surface area contributed by atoms with E-state index in [0.29, 0.717) is 32.0 Å². The fourth-order valence-corrected chi connectivity index (χ4v) is 2.54. The Balaban J connectivity index is 2.10. The highest BCUT2D eigenvalue weighted by Gasteiger charge is 2.31. The van der Waals surface area contributed by atoms with Gasteiger partial charge in [0.1, 0.15) is 6.20 Å². The summed E-state index contributed by atoms with van der Waals surface area (Å²) in [5.41, 5.74) is 5.34. The molecule has 0 bridgehead atoms. The van der Waals surface area contributed by atoms with Gasteiger partial charge < -0.3 is 16.0 Å². The molecule has 1 aromatic rings. The zero-order chi connectivity index (χ0) is 15.4. The molecule has 2 heterocycles. The van der Waals surface area contributed by atoms with E-state index >= 15 is 0 Å². The summed E-state index contributed by atoms with van der Waals surface area (Å²) in [7, 11) is 1.64. The van der Waals surface area contributed by atoms with Crippen LogP contribution in [0, 0.1) is 16.0 Å². The molecule has 116 valence electrons. The van der Waals surface area contributed by atoms with Gasteiger partial charge in [0.2, 0.25) is 11.7 Å². The van der Waals surface area contributed by atoms with Gasteiger partial charge in [0.25, 0.3) is 0 Å². The molecular formula is C12H20N6O3. The number of nitrogens with one attached hydrogen (secondary N) is 1. The first-order valence-corrected chi connectivity index (χ1v) is 6.93. The Labute approximate surface area is 122 Å². The summed E-state index contributed by atoms with van der Waals surface area (Å²) in [6.45, 7) is 1.94. The van der Waals surface area contributed by atoms with E-state index in [4.69, 9.17) is 5.73 Å². The Hall–Kier alpha value is -2.16. The summed E-state index contributed by atoms with van der Waals surface area (Å²) in [6, 6.07) is 0. The molecule has 1 aliphatic rings. The van der Waals surface area contributed by atoms with E-state index in [2.05, 4.69) is 10.4 Å². The van der Waals surface area contributed by atoms with Crippen LogP contribution in [0.3, 0.4) is 0 Å². The quantitative estimate of drug-likeness (QED) is 0.564. The predicted octanol–water partition coefficient (Wildman–Crippen LogP) is -0.380. The van der Waals surface area contributed by atoms with E-state index in [1.54, 1.807) is 7.05 Å². The molecule has 9 heteroatoms. The van der Waals surface area contributed by atoms with Crippen molar-refractivity contribution in [2.45, 2.75) is 12.8 Å². The van der Waals surface area contributed by atoms with Crippen molar-refractivity contribution in [1.29, 1.82) is 0 Å². The van der Waals surface area contributed by atoms with Gasteiger partial charge in [-0.15, -0.1) is 5.10 Å². The molecule has 1 aromatic heterocycles. The van der Waals surface area contributed by atoms with Crippen molar-refractivity contribution in [3.8, 4) is 0 Å². The Kier molecular flexibility index (Phi) is 4.73. The average molecular weight is 296 g/mol. The number of anilines is 1. The van der Waals surface area contributed by atoms with E-state index in [1.807, 2.05) is 4.90 Å². The minimum Gasteiger partial charge on any atom is -0.355 e. The van der Waals surface area contributed by atoms with Gasteiger partial charge >= 0.3 is 5.69 Å². The van der Waals surface area contributed by atoms with Crippen LogP contribution in [-0.2, 0) is 11.8 Å². The molecular weight excluding hydrogens is 276 g/mol. The van der Waals surface area contributed by atoms with Crippen LogP contribution in [0.5, 0.6) is 0 Å². The number of hydrogen-bond donors (Lipinski definition) is 2. The van der Waals surface area contributed by atoms with Gasteiger partial charge in [-0.3, -0.25) is 19.6 Å². The van der Waals surface area contributed by atoms with E-state index < -0.39 is 4.92 Å². The number of nitrogens with two attached hydrogens (primary N) is 1. The molecule has 9 nitrogen and oxygen atoms in total. The van der Waals surface area contributed by atoms with Crippen molar-refractivity contribution in [2.24, 2.45) is 18.7 Å². The zero-order valence-electron chi connectivity index (χ0n) is 12.0. The van der Waals surface area contributed by atoms with E-state index in [-0.39, 0.29) is 17.5 Å². The number of hydrogen-bond acceptors (Lipinski definition) is 6. The Morgan fingerprint density at radius 2 is 2.43 bits per heavy atom. The maximum atomic E-state index is 12.0. The lowest BCUT2D eigenvalue weighted by molar-refractivity contribution is -0.384. The summed E-state index contributed by atoms with van der Waals surface area (Å²) in [5.74, 6) is 0.0921. The number of aromatic nitrogens is 2. The van der Waals surface area contributed by atoms with Crippen LogP contribution in [0.1, 0.15) is 12.8 Å². The van der Waals surface area contributed by atoms with Gasteiger partial charge in [-0.2, -0.15) is 0 Å². The van der Waals surface area contributed by atoms with Crippen LogP contribution >= 0.6 is 0 Å². The smallest absolute Gasteiger partial charge is 0.330 e. The first kappa shape index (κ1) is 15.2. The molecule has 21 heavy (non-hydrogen) atoms. The lowest BCUT2D eigenvalue weighted by Crippen LogP contribution is -2.44. The second kappa shape index (κ2) is 6.53. The molecule has 1 saturated heterocycles. The monoisotopic (exact) mass is 296 g/mol. The van der Waals surface area contributed by atoms with Crippen LogP contribution in [0.15, 0.2) is 6.20 Å². The fraction of sp³-hybridized carbons (Fsp3) is 0.667. The number of piperidine rings is 1. The normalized spacial score (nSPS) is 18.6. The average Bonchev–Trinajstić information content (AvgIpc) is 2.87. The van der Waals surface area contributed by atoms with Crippen LogP contribution in [0.2, 0.25) is 0 Å². The summed E-state index contributed by atoms with van der Waals surface area (Å²) in [6.07, 6.45) is 2.95. The molecule has 0 aliphatic carbocycles. The number of nitro groups is 1. The second-order valence-corrected chi connectivity index (χ2v) is 5.13.